The Hall–Kier alpha value is -2.28. The summed E-state index contributed by atoms with van der Waals surface area (Å²) in [5.74, 6) is -3.08. The molecule has 1 rings (SSSR count). The van der Waals surface area contributed by atoms with Crippen LogP contribution in [-0.4, -0.2) is 89.2 Å². The molecule has 12 nitrogen and oxygen atoms in total. The van der Waals surface area contributed by atoms with Gasteiger partial charge in [0.1, 0.15) is 18.8 Å². The lowest BCUT2D eigenvalue weighted by Gasteiger charge is -2.40. The standard InChI is InChI=1S/C55H102O12/c1-4-7-10-13-16-19-21-22-23-24-25-26-28-31-34-37-40-43-49(58)66-53-51(60)50(59)52(54(61)62)67-55(53)64-45-46(65-48(57)42-39-36-33-29-18-15-12-9-6-3)44-63-47(56)41-38-35-32-30-27-20-17-14-11-8-5-2/h46,50-53,55,59-60H,4-45H2,1-3H3,(H,61,62). The fourth-order valence-corrected chi connectivity index (χ4v) is 8.84. The smallest absolute Gasteiger partial charge is 0.335 e. The molecule has 1 aliphatic heterocycles. The highest BCUT2D eigenvalue weighted by atomic mass is 16.7. The van der Waals surface area contributed by atoms with Crippen LogP contribution in [0.5, 0.6) is 0 Å². The van der Waals surface area contributed by atoms with Gasteiger partial charge in [-0.05, 0) is 19.3 Å². The number of ether oxygens (including phenoxy) is 5. The van der Waals surface area contributed by atoms with Crippen molar-refractivity contribution in [1.82, 2.24) is 0 Å². The van der Waals surface area contributed by atoms with Gasteiger partial charge < -0.3 is 39.0 Å². The van der Waals surface area contributed by atoms with Crippen molar-refractivity contribution >= 4 is 23.9 Å². The van der Waals surface area contributed by atoms with Crippen LogP contribution in [0.1, 0.15) is 278 Å². The monoisotopic (exact) mass is 955 g/mol. The van der Waals surface area contributed by atoms with Crippen LogP contribution in [0.3, 0.4) is 0 Å². The Bertz CT molecular complexity index is 1180. The second-order valence-corrected chi connectivity index (χ2v) is 19.6. The van der Waals surface area contributed by atoms with Gasteiger partial charge in [-0.2, -0.15) is 0 Å². The second kappa shape index (κ2) is 44.9. The fraction of sp³-hybridized carbons (Fsp3) is 0.927. The number of rotatable bonds is 48. The van der Waals surface area contributed by atoms with Gasteiger partial charge in [-0.25, -0.2) is 4.79 Å². The number of aliphatic carboxylic acids is 1. The molecule has 0 aromatic carbocycles. The summed E-state index contributed by atoms with van der Waals surface area (Å²) in [6, 6.07) is 0. The molecule has 0 aromatic heterocycles. The van der Waals surface area contributed by atoms with E-state index < -0.39 is 67.3 Å². The van der Waals surface area contributed by atoms with Gasteiger partial charge in [0, 0.05) is 19.3 Å². The predicted molar refractivity (Wildman–Crippen MR) is 267 cm³/mol. The largest absolute Gasteiger partial charge is 0.479 e. The molecule has 1 heterocycles. The van der Waals surface area contributed by atoms with Gasteiger partial charge in [0.15, 0.2) is 24.6 Å². The van der Waals surface area contributed by atoms with E-state index in [-0.39, 0.29) is 25.9 Å². The number of hydrogen-bond acceptors (Lipinski definition) is 11. The van der Waals surface area contributed by atoms with Crippen LogP contribution in [0.2, 0.25) is 0 Å². The Morgan fingerprint density at radius 2 is 0.761 bits per heavy atom. The molecule has 1 aliphatic rings. The minimum absolute atomic E-state index is 0.0706. The lowest BCUT2D eigenvalue weighted by atomic mass is 9.98. The quantitative estimate of drug-likeness (QED) is 0.0299. The minimum atomic E-state index is -1.89. The summed E-state index contributed by atoms with van der Waals surface area (Å²) in [4.78, 5) is 50.8. The summed E-state index contributed by atoms with van der Waals surface area (Å²) in [6.45, 7) is 5.98. The summed E-state index contributed by atoms with van der Waals surface area (Å²) in [7, 11) is 0. The third-order valence-corrected chi connectivity index (χ3v) is 13.2. The van der Waals surface area contributed by atoms with Crippen LogP contribution in [0.4, 0.5) is 0 Å². The maximum Gasteiger partial charge on any atom is 0.335 e. The molecule has 1 fully saturated rings. The Balaban J connectivity index is 2.64. The van der Waals surface area contributed by atoms with E-state index in [4.69, 9.17) is 23.7 Å². The molecular weight excluding hydrogens is 853 g/mol. The molecule has 0 saturated carbocycles. The molecule has 0 aromatic rings. The van der Waals surface area contributed by atoms with Crippen molar-refractivity contribution in [2.75, 3.05) is 13.2 Å². The zero-order valence-corrected chi connectivity index (χ0v) is 43.2. The molecule has 394 valence electrons. The molecule has 0 amide bonds. The average molecular weight is 955 g/mol. The third-order valence-electron chi connectivity index (χ3n) is 13.2. The van der Waals surface area contributed by atoms with E-state index >= 15 is 0 Å². The highest BCUT2D eigenvalue weighted by molar-refractivity contribution is 5.74. The van der Waals surface area contributed by atoms with Crippen molar-refractivity contribution < 1.29 is 58.2 Å². The molecule has 0 spiro atoms. The molecule has 12 heteroatoms. The van der Waals surface area contributed by atoms with Gasteiger partial charge in [-0.1, -0.05) is 239 Å². The molecular formula is C55H102O12. The van der Waals surface area contributed by atoms with E-state index in [1.54, 1.807) is 0 Å². The summed E-state index contributed by atoms with van der Waals surface area (Å²) in [6.07, 6.45) is 33.8. The highest BCUT2D eigenvalue weighted by Gasteiger charge is 2.50. The van der Waals surface area contributed by atoms with E-state index in [9.17, 15) is 34.5 Å². The van der Waals surface area contributed by atoms with E-state index in [1.165, 1.54) is 161 Å². The first-order chi connectivity index (χ1) is 32.6. The van der Waals surface area contributed by atoms with Crippen molar-refractivity contribution in [3.63, 3.8) is 0 Å². The topological polar surface area (TPSA) is 175 Å². The molecule has 67 heavy (non-hydrogen) atoms. The maximum absolute atomic E-state index is 13.0. The molecule has 6 atom stereocenters. The van der Waals surface area contributed by atoms with Gasteiger partial charge in [0.2, 0.25) is 0 Å². The van der Waals surface area contributed by atoms with Crippen molar-refractivity contribution in [3.8, 4) is 0 Å². The minimum Gasteiger partial charge on any atom is -0.479 e. The van der Waals surface area contributed by atoms with Crippen molar-refractivity contribution in [2.24, 2.45) is 0 Å². The number of carbonyl (C=O) groups excluding carboxylic acids is 3. The van der Waals surface area contributed by atoms with Crippen LogP contribution in [-0.2, 0) is 42.9 Å². The summed E-state index contributed by atoms with van der Waals surface area (Å²) >= 11 is 0. The first-order valence-electron chi connectivity index (χ1n) is 28.0. The molecule has 0 bridgehead atoms. The zero-order valence-electron chi connectivity index (χ0n) is 43.2. The van der Waals surface area contributed by atoms with Gasteiger partial charge in [0.25, 0.3) is 0 Å². The Labute approximate surface area is 408 Å². The maximum atomic E-state index is 13.0. The van der Waals surface area contributed by atoms with E-state index in [0.717, 1.165) is 57.8 Å². The SMILES string of the molecule is CCCCCCCCCCCCCCCCCCCC(=O)OC1C(OCC(COC(=O)CCCCCCCCCCCCC)OC(=O)CCCCCCCCCCC)OC(C(=O)O)C(O)C1O. The Morgan fingerprint density at radius 3 is 1.12 bits per heavy atom. The van der Waals surface area contributed by atoms with E-state index in [1.807, 2.05) is 0 Å². The molecule has 6 unspecified atom stereocenters. The lowest BCUT2D eigenvalue weighted by Crippen LogP contribution is -2.61. The molecule has 1 saturated heterocycles. The molecule has 0 radical (unpaired) electrons. The van der Waals surface area contributed by atoms with Crippen molar-refractivity contribution in [2.45, 2.75) is 314 Å². The first kappa shape index (κ1) is 62.7. The van der Waals surface area contributed by atoms with Crippen LogP contribution in [0.15, 0.2) is 0 Å². The van der Waals surface area contributed by atoms with E-state index in [2.05, 4.69) is 20.8 Å². The van der Waals surface area contributed by atoms with Crippen LogP contribution in [0.25, 0.3) is 0 Å². The van der Waals surface area contributed by atoms with Crippen LogP contribution < -0.4 is 0 Å². The number of carboxylic acid groups (broad SMARTS) is 1. The lowest BCUT2D eigenvalue weighted by molar-refractivity contribution is -0.301. The predicted octanol–water partition coefficient (Wildman–Crippen LogP) is 13.6. The number of aliphatic hydroxyl groups is 2. The van der Waals surface area contributed by atoms with Crippen LogP contribution in [0, 0.1) is 0 Å². The average Bonchev–Trinajstić information content (AvgIpc) is 3.31. The number of carbonyl (C=O) groups is 4. The van der Waals surface area contributed by atoms with Gasteiger partial charge in [0.05, 0.1) is 6.61 Å². The Kier molecular flexibility index (Phi) is 42.0. The number of carboxylic acids is 1. The van der Waals surface area contributed by atoms with E-state index in [0.29, 0.717) is 19.3 Å². The van der Waals surface area contributed by atoms with Crippen molar-refractivity contribution in [1.29, 1.82) is 0 Å². The Morgan fingerprint density at radius 1 is 0.433 bits per heavy atom. The third kappa shape index (κ3) is 35.5. The number of aliphatic hydroxyl groups excluding tert-OH is 2. The molecule has 0 aliphatic carbocycles. The normalized spacial score (nSPS) is 18.7. The summed E-state index contributed by atoms with van der Waals surface area (Å²) < 4.78 is 28.3. The number of unbranched alkanes of at least 4 members (excludes halogenated alkanes) is 34. The summed E-state index contributed by atoms with van der Waals surface area (Å²) in [5, 5.41) is 31.4. The van der Waals surface area contributed by atoms with Gasteiger partial charge in [-0.15, -0.1) is 0 Å². The first-order valence-corrected chi connectivity index (χ1v) is 28.0. The summed E-state index contributed by atoms with van der Waals surface area (Å²) in [5.41, 5.74) is 0. The van der Waals surface area contributed by atoms with Gasteiger partial charge >= 0.3 is 23.9 Å². The van der Waals surface area contributed by atoms with Crippen molar-refractivity contribution in [3.05, 3.63) is 0 Å². The molecule has 3 N–H and O–H groups in total. The second-order valence-electron chi connectivity index (χ2n) is 19.6. The van der Waals surface area contributed by atoms with Crippen LogP contribution >= 0.6 is 0 Å². The zero-order chi connectivity index (χ0) is 49.0. The highest BCUT2D eigenvalue weighted by Crippen LogP contribution is 2.26. The fourth-order valence-electron chi connectivity index (χ4n) is 8.84. The number of esters is 3. The van der Waals surface area contributed by atoms with Gasteiger partial charge in [-0.3, -0.25) is 14.4 Å². The number of hydrogen-bond donors (Lipinski definition) is 3.